The van der Waals surface area contributed by atoms with Crippen LogP contribution in [0.25, 0.3) is 0 Å². The van der Waals surface area contributed by atoms with E-state index in [1.54, 1.807) is 12.3 Å². The zero-order valence-electron chi connectivity index (χ0n) is 13.6. The fourth-order valence-electron chi connectivity index (χ4n) is 2.84. The topological polar surface area (TPSA) is 45.7 Å². The van der Waals surface area contributed by atoms with E-state index in [-0.39, 0.29) is 12.4 Å². The minimum absolute atomic E-state index is 0.286. The molecule has 3 rings (SSSR count). The van der Waals surface area contributed by atoms with Crippen LogP contribution in [0.5, 0.6) is 0 Å². The van der Waals surface area contributed by atoms with Crippen molar-refractivity contribution < 1.29 is 13.9 Å². The molecule has 1 unspecified atom stereocenters. The molecule has 1 aliphatic rings. The standard InChI is InChI=1S/C18H19ClFN3O2/c19-16-11-14(20)4-5-17(16)22-7-9-23(10-8-22)18(12-24)25-13-15-3-1-2-6-21-15/h1-6,11-12,18H,7-10,13H2. The van der Waals surface area contributed by atoms with Gasteiger partial charge in [-0.15, -0.1) is 0 Å². The van der Waals surface area contributed by atoms with E-state index in [2.05, 4.69) is 9.88 Å². The maximum absolute atomic E-state index is 13.2. The predicted octanol–water partition coefficient (Wildman–Crippen LogP) is 2.74. The number of halogens is 2. The molecule has 132 valence electrons. The maximum Gasteiger partial charge on any atom is 0.167 e. The second-order valence-electron chi connectivity index (χ2n) is 5.78. The molecule has 7 heteroatoms. The molecule has 0 bridgehead atoms. The lowest BCUT2D eigenvalue weighted by Gasteiger charge is -2.38. The van der Waals surface area contributed by atoms with Crippen molar-refractivity contribution in [3.05, 3.63) is 59.1 Å². The fraction of sp³-hybridized carbons (Fsp3) is 0.333. The summed E-state index contributed by atoms with van der Waals surface area (Å²) in [5.74, 6) is -0.351. The first-order valence-electron chi connectivity index (χ1n) is 8.08. The number of ether oxygens (including phenoxy) is 1. The van der Waals surface area contributed by atoms with Crippen LogP contribution in [0.1, 0.15) is 5.69 Å². The number of anilines is 1. The van der Waals surface area contributed by atoms with E-state index < -0.39 is 6.23 Å². The maximum atomic E-state index is 13.2. The van der Waals surface area contributed by atoms with Gasteiger partial charge in [0.25, 0.3) is 0 Å². The summed E-state index contributed by atoms with van der Waals surface area (Å²) < 4.78 is 18.9. The molecule has 0 N–H and O–H groups in total. The number of carbonyl (C=O) groups is 1. The Morgan fingerprint density at radius 2 is 2.04 bits per heavy atom. The lowest BCUT2D eigenvalue weighted by atomic mass is 10.2. The second-order valence-corrected chi connectivity index (χ2v) is 6.18. The van der Waals surface area contributed by atoms with Crippen LogP contribution in [0, 0.1) is 5.82 Å². The quantitative estimate of drug-likeness (QED) is 0.738. The predicted molar refractivity (Wildman–Crippen MR) is 94.1 cm³/mol. The van der Waals surface area contributed by atoms with Gasteiger partial charge >= 0.3 is 0 Å². The Kier molecular flexibility index (Phi) is 5.96. The third-order valence-corrected chi connectivity index (χ3v) is 4.47. The number of benzene rings is 1. The van der Waals surface area contributed by atoms with Gasteiger partial charge in [-0.25, -0.2) is 4.39 Å². The number of hydrogen-bond donors (Lipinski definition) is 0. The number of rotatable bonds is 6. The molecule has 5 nitrogen and oxygen atoms in total. The molecule has 0 spiro atoms. The number of nitrogens with zero attached hydrogens (tertiary/aromatic N) is 3. The van der Waals surface area contributed by atoms with Crippen molar-refractivity contribution in [2.75, 3.05) is 31.1 Å². The van der Waals surface area contributed by atoms with E-state index in [1.807, 2.05) is 23.1 Å². The molecule has 1 fully saturated rings. The number of carbonyl (C=O) groups excluding carboxylic acids is 1. The Labute approximate surface area is 151 Å². The highest BCUT2D eigenvalue weighted by molar-refractivity contribution is 6.33. The minimum atomic E-state index is -0.604. The lowest BCUT2D eigenvalue weighted by molar-refractivity contribution is -0.133. The highest BCUT2D eigenvalue weighted by Crippen LogP contribution is 2.27. The van der Waals surface area contributed by atoms with E-state index in [1.165, 1.54) is 12.1 Å². The number of piperazine rings is 1. The first kappa shape index (κ1) is 17.8. The fourth-order valence-corrected chi connectivity index (χ4v) is 3.13. The molecule has 2 heterocycles. The Morgan fingerprint density at radius 3 is 2.68 bits per heavy atom. The van der Waals surface area contributed by atoms with Gasteiger partial charge in [-0.05, 0) is 30.3 Å². The van der Waals surface area contributed by atoms with Crippen molar-refractivity contribution in [3.63, 3.8) is 0 Å². The molecule has 2 aromatic rings. The summed E-state index contributed by atoms with van der Waals surface area (Å²) >= 11 is 6.12. The third-order valence-electron chi connectivity index (χ3n) is 4.17. The normalized spacial score (nSPS) is 16.6. The highest BCUT2D eigenvalue weighted by Gasteiger charge is 2.25. The van der Waals surface area contributed by atoms with E-state index >= 15 is 0 Å². The molecule has 1 aromatic carbocycles. The van der Waals surface area contributed by atoms with Crippen LogP contribution in [0.15, 0.2) is 42.6 Å². The summed E-state index contributed by atoms with van der Waals surface area (Å²) in [6.07, 6.45) is 1.90. The van der Waals surface area contributed by atoms with Crippen molar-refractivity contribution in [2.24, 2.45) is 0 Å². The number of aromatic nitrogens is 1. The Bertz CT molecular complexity index is 709. The van der Waals surface area contributed by atoms with Crippen molar-refractivity contribution in [3.8, 4) is 0 Å². The van der Waals surface area contributed by atoms with Gasteiger partial charge in [0.2, 0.25) is 0 Å². The average Bonchev–Trinajstić information content (AvgIpc) is 2.64. The monoisotopic (exact) mass is 363 g/mol. The summed E-state index contributed by atoms with van der Waals surface area (Å²) in [6.45, 7) is 2.96. The smallest absolute Gasteiger partial charge is 0.167 e. The van der Waals surface area contributed by atoms with Crippen molar-refractivity contribution in [1.29, 1.82) is 0 Å². The van der Waals surface area contributed by atoms with E-state index in [0.717, 1.165) is 17.7 Å². The van der Waals surface area contributed by atoms with Crippen LogP contribution in [-0.2, 0) is 16.1 Å². The molecule has 1 atom stereocenters. The van der Waals surface area contributed by atoms with E-state index in [0.29, 0.717) is 31.2 Å². The Morgan fingerprint density at radius 1 is 1.24 bits per heavy atom. The number of pyridine rings is 1. The summed E-state index contributed by atoms with van der Waals surface area (Å²) in [7, 11) is 0. The molecular formula is C18H19ClFN3O2. The van der Waals surface area contributed by atoms with Gasteiger partial charge in [0.15, 0.2) is 12.5 Å². The van der Waals surface area contributed by atoms with Crippen molar-refractivity contribution in [2.45, 2.75) is 12.8 Å². The van der Waals surface area contributed by atoms with Crippen LogP contribution in [-0.4, -0.2) is 48.6 Å². The summed E-state index contributed by atoms with van der Waals surface area (Å²) in [6, 6.07) is 9.97. The molecular weight excluding hydrogens is 345 g/mol. The third kappa shape index (κ3) is 4.54. The van der Waals surface area contributed by atoms with Crippen LogP contribution in [0.3, 0.4) is 0 Å². The Hall–Kier alpha value is -2.02. The molecule has 0 radical (unpaired) electrons. The van der Waals surface area contributed by atoms with Gasteiger partial charge < -0.3 is 9.64 Å². The largest absolute Gasteiger partial charge is 0.368 e. The average molecular weight is 364 g/mol. The minimum Gasteiger partial charge on any atom is -0.368 e. The second kappa shape index (κ2) is 8.38. The van der Waals surface area contributed by atoms with Crippen LogP contribution < -0.4 is 4.90 Å². The van der Waals surface area contributed by atoms with Gasteiger partial charge in [-0.2, -0.15) is 0 Å². The molecule has 0 saturated carbocycles. The summed E-state index contributed by atoms with van der Waals surface area (Å²) in [5, 5.41) is 0.395. The van der Waals surface area contributed by atoms with Crippen molar-refractivity contribution >= 4 is 23.6 Å². The first-order chi connectivity index (χ1) is 12.2. The molecule has 1 aromatic heterocycles. The van der Waals surface area contributed by atoms with Crippen LogP contribution in [0.4, 0.5) is 10.1 Å². The molecule has 0 aliphatic carbocycles. The van der Waals surface area contributed by atoms with Crippen LogP contribution >= 0.6 is 11.6 Å². The van der Waals surface area contributed by atoms with E-state index in [9.17, 15) is 9.18 Å². The van der Waals surface area contributed by atoms with Gasteiger partial charge in [-0.3, -0.25) is 14.7 Å². The zero-order valence-corrected chi connectivity index (χ0v) is 14.4. The molecule has 0 amide bonds. The molecule has 1 saturated heterocycles. The summed E-state index contributed by atoms with van der Waals surface area (Å²) in [5.41, 5.74) is 1.59. The zero-order chi connectivity index (χ0) is 17.6. The number of aldehydes is 1. The molecule has 1 aliphatic heterocycles. The van der Waals surface area contributed by atoms with Gasteiger partial charge in [0, 0.05) is 32.4 Å². The first-order valence-corrected chi connectivity index (χ1v) is 8.46. The molecule has 25 heavy (non-hydrogen) atoms. The van der Waals surface area contributed by atoms with Gasteiger partial charge in [0.05, 0.1) is 23.0 Å². The highest BCUT2D eigenvalue weighted by atomic mass is 35.5. The number of hydrogen-bond acceptors (Lipinski definition) is 5. The van der Waals surface area contributed by atoms with Gasteiger partial charge in [0.1, 0.15) is 5.82 Å². The van der Waals surface area contributed by atoms with Crippen LogP contribution in [0.2, 0.25) is 5.02 Å². The van der Waals surface area contributed by atoms with Gasteiger partial charge in [-0.1, -0.05) is 17.7 Å². The van der Waals surface area contributed by atoms with E-state index in [4.69, 9.17) is 16.3 Å². The Balaban J connectivity index is 1.55. The SMILES string of the molecule is O=CC(OCc1ccccn1)N1CCN(c2ccc(F)cc2Cl)CC1. The lowest BCUT2D eigenvalue weighted by Crippen LogP contribution is -2.51. The summed E-state index contributed by atoms with van der Waals surface area (Å²) in [4.78, 5) is 19.6. The van der Waals surface area contributed by atoms with Crippen molar-refractivity contribution in [1.82, 2.24) is 9.88 Å².